The van der Waals surface area contributed by atoms with Gasteiger partial charge in [-0.3, -0.25) is 0 Å². The summed E-state index contributed by atoms with van der Waals surface area (Å²) in [6.45, 7) is 16.3. The minimum Gasteiger partial charge on any atom is -0.312 e. The molecule has 0 bridgehead atoms. The van der Waals surface area contributed by atoms with Gasteiger partial charge in [0, 0.05) is 25.6 Å². The molecule has 1 fully saturated rings. The maximum atomic E-state index is 8.94. The first kappa shape index (κ1) is 19.5. The normalized spacial score (nSPS) is 18.4. The number of rotatable bonds is 9. The molecule has 1 saturated heterocycles. The van der Waals surface area contributed by atoms with Crippen LogP contribution in [0.4, 0.5) is 0 Å². The Morgan fingerprint density at radius 3 is 2.18 bits per heavy atom. The van der Waals surface area contributed by atoms with Crippen LogP contribution in [0.3, 0.4) is 0 Å². The summed E-state index contributed by atoms with van der Waals surface area (Å²) in [5.41, 5.74) is 0.551. The van der Waals surface area contributed by atoms with Crippen LogP contribution in [0.5, 0.6) is 0 Å². The van der Waals surface area contributed by atoms with Crippen molar-refractivity contribution in [3.05, 3.63) is 0 Å². The van der Waals surface area contributed by atoms with Gasteiger partial charge in [0.2, 0.25) is 0 Å². The first-order valence-electron chi connectivity index (χ1n) is 9.19. The van der Waals surface area contributed by atoms with Crippen LogP contribution in [-0.4, -0.2) is 37.1 Å². The van der Waals surface area contributed by atoms with E-state index in [0.717, 1.165) is 32.4 Å². The molecule has 1 heterocycles. The van der Waals surface area contributed by atoms with Gasteiger partial charge in [-0.15, -0.1) is 0 Å². The fourth-order valence-electron chi connectivity index (χ4n) is 3.47. The average molecular weight is 308 g/mol. The summed E-state index contributed by atoms with van der Waals surface area (Å²) in [7, 11) is 0. The standard InChI is InChI=1S/C19H37N3/c1-6-19(7-2,11-10-12-20)16-21-17(18(3,4)5)15-22-13-8-9-14-22/h17,21H,6-11,13-16H2,1-5H3. The number of hydrogen-bond donors (Lipinski definition) is 1. The van der Waals surface area contributed by atoms with Gasteiger partial charge in [-0.1, -0.05) is 34.6 Å². The number of likely N-dealkylation sites (tertiary alicyclic amines) is 1. The van der Waals surface area contributed by atoms with Crippen molar-refractivity contribution in [2.45, 2.75) is 79.2 Å². The first-order chi connectivity index (χ1) is 10.4. The van der Waals surface area contributed by atoms with Crippen molar-refractivity contribution >= 4 is 0 Å². The zero-order valence-electron chi connectivity index (χ0n) is 15.5. The highest BCUT2D eigenvalue weighted by Gasteiger charge is 2.31. The molecule has 1 aliphatic heterocycles. The summed E-state index contributed by atoms with van der Waals surface area (Å²) in [6, 6.07) is 2.85. The second-order valence-corrected chi connectivity index (χ2v) is 8.17. The maximum Gasteiger partial charge on any atom is 0.0621 e. The molecule has 0 aromatic carbocycles. The molecule has 1 atom stereocenters. The van der Waals surface area contributed by atoms with Crippen molar-refractivity contribution in [2.75, 3.05) is 26.2 Å². The zero-order chi connectivity index (χ0) is 16.6. The quantitative estimate of drug-likeness (QED) is 0.694. The van der Waals surface area contributed by atoms with Gasteiger partial charge < -0.3 is 10.2 Å². The average Bonchev–Trinajstić information content (AvgIpc) is 2.99. The van der Waals surface area contributed by atoms with E-state index in [9.17, 15) is 0 Å². The van der Waals surface area contributed by atoms with Gasteiger partial charge in [0.15, 0.2) is 0 Å². The molecule has 1 N–H and O–H groups in total. The van der Waals surface area contributed by atoms with E-state index < -0.39 is 0 Å². The summed E-state index contributed by atoms with van der Waals surface area (Å²) in [5, 5.41) is 12.8. The van der Waals surface area contributed by atoms with Crippen LogP contribution >= 0.6 is 0 Å². The van der Waals surface area contributed by atoms with Crippen LogP contribution in [0.25, 0.3) is 0 Å². The third-order valence-electron chi connectivity index (χ3n) is 5.68. The van der Waals surface area contributed by atoms with Gasteiger partial charge in [-0.25, -0.2) is 0 Å². The topological polar surface area (TPSA) is 39.1 Å². The molecule has 1 unspecified atom stereocenters. The van der Waals surface area contributed by atoms with E-state index in [2.05, 4.69) is 50.9 Å². The highest BCUT2D eigenvalue weighted by Crippen LogP contribution is 2.32. The molecule has 3 heteroatoms. The Kier molecular flexibility index (Phi) is 7.86. The largest absolute Gasteiger partial charge is 0.312 e. The first-order valence-corrected chi connectivity index (χ1v) is 9.19. The Morgan fingerprint density at radius 1 is 1.14 bits per heavy atom. The highest BCUT2D eigenvalue weighted by atomic mass is 15.2. The number of nitrogens with zero attached hydrogens (tertiary/aromatic N) is 2. The lowest BCUT2D eigenvalue weighted by Crippen LogP contribution is -2.51. The molecule has 0 aromatic heterocycles. The van der Waals surface area contributed by atoms with Crippen molar-refractivity contribution in [2.24, 2.45) is 10.8 Å². The molecule has 128 valence electrons. The van der Waals surface area contributed by atoms with Crippen molar-refractivity contribution < 1.29 is 0 Å². The smallest absolute Gasteiger partial charge is 0.0621 e. The summed E-state index contributed by atoms with van der Waals surface area (Å²) in [6.07, 6.45) is 6.71. The third-order valence-corrected chi connectivity index (χ3v) is 5.68. The molecule has 0 aromatic rings. The van der Waals surface area contributed by atoms with Crippen LogP contribution < -0.4 is 5.32 Å². The molecule has 0 radical (unpaired) electrons. The second-order valence-electron chi connectivity index (χ2n) is 8.17. The van der Waals surface area contributed by atoms with E-state index in [0.29, 0.717) is 12.5 Å². The van der Waals surface area contributed by atoms with E-state index in [1.165, 1.54) is 25.9 Å². The lowest BCUT2D eigenvalue weighted by atomic mass is 9.77. The van der Waals surface area contributed by atoms with Crippen LogP contribution in [0.2, 0.25) is 0 Å². The molecule has 0 amide bonds. The predicted molar refractivity (Wildman–Crippen MR) is 94.8 cm³/mol. The zero-order valence-corrected chi connectivity index (χ0v) is 15.5. The highest BCUT2D eigenvalue weighted by molar-refractivity contribution is 4.89. The van der Waals surface area contributed by atoms with Crippen molar-refractivity contribution in [3.8, 4) is 6.07 Å². The van der Waals surface area contributed by atoms with E-state index in [1.54, 1.807) is 0 Å². The lowest BCUT2D eigenvalue weighted by Gasteiger charge is -2.39. The summed E-state index contributed by atoms with van der Waals surface area (Å²) >= 11 is 0. The van der Waals surface area contributed by atoms with Crippen molar-refractivity contribution in [1.29, 1.82) is 5.26 Å². The SMILES string of the molecule is CCC(CC)(CCC#N)CNC(CN1CCCC1)C(C)(C)C. The van der Waals surface area contributed by atoms with Gasteiger partial charge in [-0.2, -0.15) is 5.26 Å². The molecule has 0 spiro atoms. The summed E-state index contributed by atoms with van der Waals surface area (Å²) in [5.74, 6) is 0. The van der Waals surface area contributed by atoms with Crippen molar-refractivity contribution in [1.82, 2.24) is 10.2 Å². The predicted octanol–water partition coefficient (Wildman–Crippen LogP) is 4.20. The van der Waals surface area contributed by atoms with Crippen molar-refractivity contribution in [3.63, 3.8) is 0 Å². The Balaban J connectivity index is 2.65. The van der Waals surface area contributed by atoms with Gasteiger partial charge >= 0.3 is 0 Å². The van der Waals surface area contributed by atoms with Gasteiger partial charge in [0.05, 0.1) is 6.07 Å². The molecular weight excluding hydrogens is 270 g/mol. The molecule has 1 aliphatic rings. The lowest BCUT2D eigenvalue weighted by molar-refractivity contribution is 0.155. The fraction of sp³-hybridized carbons (Fsp3) is 0.947. The fourth-order valence-corrected chi connectivity index (χ4v) is 3.47. The van der Waals surface area contributed by atoms with Crippen LogP contribution in [0.15, 0.2) is 0 Å². The monoisotopic (exact) mass is 307 g/mol. The molecule has 1 rings (SSSR count). The minimum atomic E-state index is 0.269. The third kappa shape index (κ3) is 5.89. The molecule has 22 heavy (non-hydrogen) atoms. The van der Waals surface area contributed by atoms with Gasteiger partial charge in [-0.05, 0) is 56.0 Å². The van der Waals surface area contributed by atoms with E-state index in [-0.39, 0.29) is 10.8 Å². The van der Waals surface area contributed by atoms with Crippen LogP contribution in [0, 0.1) is 22.2 Å². The Morgan fingerprint density at radius 2 is 1.73 bits per heavy atom. The molecular formula is C19H37N3. The van der Waals surface area contributed by atoms with E-state index >= 15 is 0 Å². The van der Waals surface area contributed by atoms with Gasteiger partial charge in [0.25, 0.3) is 0 Å². The number of nitriles is 1. The van der Waals surface area contributed by atoms with Gasteiger partial charge in [0.1, 0.15) is 0 Å². The Bertz CT molecular complexity index is 341. The maximum absolute atomic E-state index is 8.94. The minimum absolute atomic E-state index is 0.269. The number of hydrogen-bond acceptors (Lipinski definition) is 3. The van der Waals surface area contributed by atoms with E-state index in [1.807, 2.05) is 0 Å². The van der Waals surface area contributed by atoms with E-state index in [4.69, 9.17) is 5.26 Å². The number of nitrogens with one attached hydrogen (secondary N) is 1. The summed E-state index contributed by atoms with van der Waals surface area (Å²) in [4.78, 5) is 2.61. The van der Waals surface area contributed by atoms with Crippen LogP contribution in [-0.2, 0) is 0 Å². The Hall–Kier alpha value is -0.590. The Labute approximate surface area is 138 Å². The summed E-state index contributed by atoms with van der Waals surface area (Å²) < 4.78 is 0. The van der Waals surface area contributed by atoms with Crippen LogP contribution in [0.1, 0.15) is 73.1 Å². The molecule has 3 nitrogen and oxygen atoms in total. The second kappa shape index (κ2) is 8.89. The molecule has 0 saturated carbocycles. The molecule has 0 aliphatic carbocycles.